The van der Waals surface area contributed by atoms with E-state index in [1.165, 1.54) is 0 Å². The topological polar surface area (TPSA) is 9.23 Å². The highest BCUT2D eigenvalue weighted by Gasteiger charge is 2.61. The van der Waals surface area contributed by atoms with Crippen LogP contribution in [0.2, 0.25) is 0 Å². The van der Waals surface area contributed by atoms with Gasteiger partial charge in [-0.25, -0.2) is 13.2 Å². The highest BCUT2D eigenvalue weighted by Crippen LogP contribution is 2.53. The van der Waals surface area contributed by atoms with Gasteiger partial charge in [-0.2, -0.15) is 4.39 Å². The molecule has 2 unspecified atom stereocenters. The average molecular weight is 192 g/mol. The molecule has 0 saturated carbocycles. The molecular formula is C8H4F4O. The zero-order chi connectivity index (χ0) is 9.80. The quantitative estimate of drug-likeness (QED) is 0.458. The van der Waals surface area contributed by atoms with Gasteiger partial charge in [0.25, 0.3) is 0 Å². The van der Waals surface area contributed by atoms with E-state index >= 15 is 0 Å². The number of alkyl halides is 1. The number of ether oxygens (including phenoxy) is 1. The Bertz CT molecular complexity index is 357. The van der Waals surface area contributed by atoms with Crippen molar-refractivity contribution in [2.75, 3.05) is 0 Å². The van der Waals surface area contributed by atoms with E-state index in [9.17, 15) is 17.6 Å². The summed E-state index contributed by atoms with van der Waals surface area (Å²) in [4.78, 5) is 0. The second-order valence-electron chi connectivity index (χ2n) is 2.77. The maximum absolute atomic E-state index is 13.0. The van der Waals surface area contributed by atoms with Crippen LogP contribution in [0.15, 0.2) is 35.9 Å². The zero-order valence-electron chi connectivity index (χ0n) is 6.28. The minimum atomic E-state index is -2.33. The molecule has 13 heavy (non-hydrogen) atoms. The Morgan fingerprint density at radius 3 is 2.46 bits per heavy atom. The summed E-state index contributed by atoms with van der Waals surface area (Å²) >= 11 is 0. The molecule has 70 valence electrons. The molecule has 0 saturated heterocycles. The van der Waals surface area contributed by atoms with Gasteiger partial charge in [0.2, 0.25) is 17.6 Å². The number of rotatable bonds is 1. The number of hydrogen-bond donors (Lipinski definition) is 0. The Labute approximate surface area is 71.0 Å². The normalized spacial score (nSPS) is 37.1. The Hall–Kier alpha value is -1.26. The van der Waals surface area contributed by atoms with Gasteiger partial charge in [0.05, 0.1) is 0 Å². The molecule has 2 heterocycles. The van der Waals surface area contributed by atoms with Gasteiger partial charge >= 0.3 is 0 Å². The lowest BCUT2D eigenvalue weighted by atomic mass is 9.94. The Kier molecular flexibility index (Phi) is 1.38. The monoisotopic (exact) mass is 192 g/mol. The van der Waals surface area contributed by atoms with Crippen LogP contribution in [0.3, 0.4) is 0 Å². The summed E-state index contributed by atoms with van der Waals surface area (Å²) in [6.07, 6.45) is -1.62. The first kappa shape index (κ1) is 8.34. The standard InChI is InChI=1S/C8H4F4O/c1-2-8-6(11)3(9)5(13-8)4(10)7(8)12/h2,6H,1H2. The highest BCUT2D eigenvalue weighted by atomic mass is 19.2. The molecule has 0 radical (unpaired) electrons. The Balaban J connectivity index is 2.64. The predicted molar refractivity (Wildman–Crippen MR) is 36.3 cm³/mol. The van der Waals surface area contributed by atoms with Gasteiger partial charge in [-0.1, -0.05) is 6.58 Å². The third kappa shape index (κ3) is 0.680. The fourth-order valence-corrected chi connectivity index (χ4v) is 1.38. The third-order valence-electron chi connectivity index (χ3n) is 2.13. The maximum atomic E-state index is 13.0. The molecule has 2 atom stereocenters. The average Bonchev–Trinajstić information content (AvgIpc) is 2.53. The van der Waals surface area contributed by atoms with Crippen molar-refractivity contribution in [2.45, 2.75) is 11.8 Å². The van der Waals surface area contributed by atoms with Gasteiger partial charge in [-0.3, -0.25) is 0 Å². The van der Waals surface area contributed by atoms with Crippen molar-refractivity contribution in [2.24, 2.45) is 0 Å². The number of allylic oxidation sites excluding steroid dienone is 1. The van der Waals surface area contributed by atoms with E-state index in [1.807, 2.05) is 0 Å². The van der Waals surface area contributed by atoms with Gasteiger partial charge in [-0.15, -0.1) is 0 Å². The Morgan fingerprint density at radius 2 is 2.00 bits per heavy atom. The number of hydrogen-bond acceptors (Lipinski definition) is 1. The summed E-state index contributed by atoms with van der Waals surface area (Å²) in [6.45, 7) is 3.08. The summed E-state index contributed by atoms with van der Waals surface area (Å²) < 4.78 is 55.9. The first-order valence-electron chi connectivity index (χ1n) is 3.47. The van der Waals surface area contributed by atoms with Crippen LogP contribution in [0, 0.1) is 0 Å². The van der Waals surface area contributed by atoms with Crippen LogP contribution < -0.4 is 0 Å². The molecule has 2 aliphatic rings. The second-order valence-corrected chi connectivity index (χ2v) is 2.77. The Morgan fingerprint density at radius 1 is 1.38 bits per heavy atom. The van der Waals surface area contributed by atoms with Crippen molar-refractivity contribution >= 4 is 0 Å². The molecule has 0 aromatic heterocycles. The van der Waals surface area contributed by atoms with Crippen LogP contribution in [0.5, 0.6) is 0 Å². The van der Waals surface area contributed by atoms with Crippen molar-refractivity contribution in [1.29, 1.82) is 0 Å². The molecule has 0 aliphatic carbocycles. The fraction of sp³-hybridized carbons (Fsp3) is 0.250. The molecular weight excluding hydrogens is 188 g/mol. The fourth-order valence-electron chi connectivity index (χ4n) is 1.38. The van der Waals surface area contributed by atoms with E-state index in [0.717, 1.165) is 0 Å². The molecule has 0 N–H and O–H groups in total. The summed E-state index contributed by atoms with van der Waals surface area (Å²) in [5, 5.41) is 0. The van der Waals surface area contributed by atoms with Crippen LogP contribution in [0.1, 0.15) is 0 Å². The van der Waals surface area contributed by atoms with E-state index in [4.69, 9.17) is 0 Å². The van der Waals surface area contributed by atoms with E-state index in [2.05, 4.69) is 11.3 Å². The number of halogens is 4. The predicted octanol–water partition coefficient (Wildman–Crippen LogP) is 2.62. The molecule has 0 aromatic rings. The van der Waals surface area contributed by atoms with E-state index in [1.54, 1.807) is 0 Å². The lowest BCUT2D eigenvalue weighted by molar-refractivity contribution is 0.0538. The van der Waals surface area contributed by atoms with Gasteiger partial charge in [0.15, 0.2) is 17.4 Å². The summed E-state index contributed by atoms with van der Waals surface area (Å²) in [5.74, 6) is -5.33. The van der Waals surface area contributed by atoms with E-state index in [-0.39, 0.29) is 0 Å². The van der Waals surface area contributed by atoms with Gasteiger partial charge in [-0.05, 0) is 6.08 Å². The molecule has 5 heteroatoms. The minimum absolute atomic E-state index is 0.714. The van der Waals surface area contributed by atoms with Crippen molar-refractivity contribution in [3.8, 4) is 0 Å². The van der Waals surface area contributed by atoms with E-state index < -0.39 is 35.0 Å². The summed E-state index contributed by atoms with van der Waals surface area (Å²) in [5.41, 5.74) is -2.30. The van der Waals surface area contributed by atoms with Crippen LogP contribution >= 0.6 is 0 Å². The van der Waals surface area contributed by atoms with Crippen molar-refractivity contribution in [3.05, 3.63) is 35.9 Å². The van der Waals surface area contributed by atoms with Crippen LogP contribution in [0.4, 0.5) is 17.6 Å². The SMILES string of the molecule is C=CC12OC(=C(F)C1F)C(F)=C2F. The highest BCUT2D eigenvalue weighted by molar-refractivity contribution is 5.49. The number of fused-ring (bicyclic) bond motifs is 2. The molecule has 0 amide bonds. The second kappa shape index (κ2) is 2.16. The van der Waals surface area contributed by atoms with Crippen molar-refractivity contribution in [3.63, 3.8) is 0 Å². The van der Waals surface area contributed by atoms with Gasteiger partial charge < -0.3 is 4.74 Å². The maximum Gasteiger partial charge on any atom is 0.219 e. The van der Waals surface area contributed by atoms with Gasteiger partial charge in [0.1, 0.15) is 0 Å². The minimum Gasteiger partial charge on any atom is -0.466 e. The zero-order valence-corrected chi connectivity index (χ0v) is 6.28. The van der Waals surface area contributed by atoms with Crippen molar-refractivity contribution in [1.82, 2.24) is 0 Å². The third-order valence-corrected chi connectivity index (χ3v) is 2.13. The largest absolute Gasteiger partial charge is 0.466 e. The molecule has 0 aromatic carbocycles. The molecule has 2 aliphatic heterocycles. The van der Waals surface area contributed by atoms with Gasteiger partial charge in [0, 0.05) is 0 Å². The first-order valence-corrected chi connectivity index (χ1v) is 3.47. The molecule has 2 bridgehead atoms. The lowest BCUT2D eigenvalue weighted by Crippen LogP contribution is -2.35. The molecule has 0 spiro atoms. The first-order chi connectivity index (χ1) is 6.04. The van der Waals surface area contributed by atoms with Crippen molar-refractivity contribution < 1.29 is 22.3 Å². The smallest absolute Gasteiger partial charge is 0.219 e. The molecule has 0 fully saturated rings. The van der Waals surface area contributed by atoms with Crippen LogP contribution in [-0.2, 0) is 4.74 Å². The van der Waals surface area contributed by atoms with Crippen LogP contribution in [0.25, 0.3) is 0 Å². The van der Waals surface area contributed by atoms with E-state index in [0.29, 0.717) is 6.08 Å². The molecule has 1 nitrogen and oxygen atoms in total. The lowest BCUT2D eigenvalue weighted by Gasteiger charge is -2.21. The summed E-state index contributed by atoms with van der Waals surface area (Å²) in [6, 6.07) is 0. The summed E-state index contributed by atoms with van der Waals surface area (Å²) in [7, 11) is 0. The van der Waals surface area contributed by atoms with Crippen LogP contribution in [-0.4, -0.2) is 11.8 Å². The molecule has 2 rings (SSSR count).